The van der Waals surface area contributed by atoms with Crippen molar-refractivity contribution in [3.63, 3.8) is 0 Å². The Hall–Kier alpha value is -3.27. The summed E-state index contributed by atoms with van der Waals surface area (Å²) < 4.78 is 0. The van der Waals surface area contributed by atoms with Crippen LogP contribution in [-0.4, -0.2) is 57.3 Å². The van der Waals surface area contributed by atoms with E-state index in [0.717, 1.165) is 75.9 Å². The minimum Gasteiger partial charge on any atom is -0.396 e. The van der Waals surface area contributed by atoms with Gasteiger partial charge in [0.05, 0.1) is 21.1 Å². The van der Waals surface area contributed by atoms with Crippen molar-refractivity contribution in [2.75, 3.05) is 31.1 Å². The fraction of sp³-hybridized carbons (Fsp3) is 0.176. The van der Waals surface area contributed by atoms with Gasteiger partial charge in [0.1, 0.15) is 23.6 Å². The van der Waals surface area contributed by atoms with Crippen molar-refractivity contribution in [1.29, 1.82) is 0 Å². The average molecular weight is 713 g/mol. The number of fused-ring (bicyclic) bond motifs is 2. The van der Waals surface area contributed by atoms with Gasteiger partial charge < -0.3 is 15.3 Å². The maximum atomic E-state index is 9.25. The van der Waals surface area contributed by atoms with Crippen molar-refractivity contribution < 1.29 is 5.11 Å². The number of piperazine rings is 1. The summed E-state index contributed by atoms with van der Waals surface area (Å²) in [5.74, 6) is 0.899. The Morgan fingerprint density at radius 2 is 1.24 bits per heavy atom. The lowest BCUT2D eigenvalue weighted by molar-refractivity contribution is 0.260. The van der Waals surface area contributed by atoms with Crippen LogP contribution in [0.3, 0.4) is 0 Å². The molecule has 6 aromatic rings. The van der Waals surface area contributed by atoms with Gasteiger partial charge in [-0.25, -0.2) is 19.9 Å². The van der Waals surface area contributed by atoms with Gasteiger partial charge in [-0.15, -0.1) is 0 Å². The number of nitrogens with zero attached hydrogens (tertiary/aromatic N) is 5. The number of aliphatic hydroxyl groups excluding tert-OH is 1. The van der Waals surface area contributed by atoms with Gasteiger partial charge in [-0.05, 0) is 66.1 Å². The summed E-state index contributed by atoms with van der Waals surface area (Å²) in [6.07, 6.45) is 3.73. The van der Waals surface area contributed by atoms with E-state index < -0.39 is 0 Å². The quantitative estimate of drug-likeness (QED) is 0.173. The summed E-state index contributed by atoms with van der Waals surface area (Å²) in [6, 6.07) is 23.0. The summed E-state index contributed by atoms with van der Waals surface area (Å²) >= 11 is 30.8. The number of hydrogen-bond acceptors (Lipinski definition) is 7. The van der Waals surface area contributed by atoms with Gasteiger partial charge in [-0.2, -0.15) is 0 Å². The molecule has 2 aromatic heterocycles. The number of halogens is 5. The zero-order chi connectivity index (χ0) is 32.2. The standard InChI is InChI=1S/C20H20Cl2N4O.C14H7Cl3N2/c21-14-3-1-13(2-4-14)16-9-17-19(10-18(16)22)24-12-25-20(17)26-7-6-23-15(11-26)5-8-27;15-9-3-1-8(2-4-9)10-5-11-13(6-12(10)16)18-7-19-14(11)17/h1-4,9-10,12,15,23,27H,5-8,11H2;1-7H. The topological polar surface area (TPSA) is 87.1 Å². The predicted molar refractivity (Wildman–Crippen MR) is 191 cm³/mol. The van der Waals surface area contributed by atoms with Crippen molar-refractivity contribution in [1.82, 2.24) is 25.3 Å². The van der Waals surface area contributed by atoms with Crippen LogP contribution in [0.1, 0.15) is 6.42 Å². The molecule has 1 aliphatic heterocycles. The molecule has 3 heterocycles. The first kappa shape index (κ1) is 32.7. The molecule has 1 atom stereocenters. The van der Waals surface area contributed by atoms with Crippen LogP contribution in [0.2, 0.25) is 25.2 Å². The van der Waals surface area contributed by atoms with Crippen molar-refractivity contribution in [2.24, 2.45) is 0 Å². The number of nitrogens with one attached hydrogen (secondary N) is 1. The largest absolute Gasteiger partial charge is 0.396 e. The molecule has 0 saturated carbocycles. The highest BCUT2D eigenvalue weighted by atomic mass is 35.5. The monoisotopic (exact) mass is 710 g/mol. The normalized spacial score (nSPS) is 14.7. The molecule has 1 unspecified atom stereocenters. The summed E-state index contributed by atoms with van der Waals surface area (Å²) in [6.45, 7) is 2.68. The Labute approximate surface area is 291 Å². The highest BCUT2D eigenvalue weighted by Gasteiger charge is 2.22. The van der Waals surface area contributed by atoms with Crippen LogP contribution in [0.5, 0.6) is 0 Å². The van der Waals surface area contributed by atoms with E-state index in [1.807, 2.05) is 60.7 Å². The molecule has 46 heavy (non-hydrogen) atoms. The number of anilines is 1. The van der Waals surface area contributed by atoms with E-state index in [4.69, 9.17) is 58.0 Å². The second-order valence-electron chi connectivity index (χ2n) is 10.7. The zero-order valence-electron chi connectivity index (χ0n) is 24.3. The zero-order valence-corrected chi connectivity index (χ0v) is 28.0. The number of aliphatic hydroxyl groups is 1. The maximum absolute atomic E-state index is 9.25. The smallest absolute Gasteiger partial charge is 0.140 e. The van der Waals surface area contributed by atoms with Crippen molar-refractivity contribution in [2.45, 2.75) is 12.5 Å². The Bertz CT molecular complexity index is 1990. The van der Waals surface area contributed by atoms with Gasteiger partial charge in [-0.3, -0.25) is 0 Å². The highest BCUT2D eigenvalue weighted by Crippen LogP contribution is 2.36. The van der Waals surface area contributed by atoms with Gasteiger partial charge in [0.15, 0.2) is 0 Å². The van der Waals surface area contributed by atoms with E-state index in [0.29, 0.717) is 25.2 Å². The maximum Gasteiger partial charge on any atom is 0.140 e. The van der Waals surface area contributed by atoms with Crippen molar-refractivity contribution >= 4 is 85.6 Å². The van der Waals surface area contributed by atoms with Crippen LogP contribution in [0.4, 0.5) is 5.82 Å². The van der Waals surface area contributed by atoms with Crippen LogP contribution in [0, 0.1) is 0 Å². The van der Waals surface area contributed by atoms with Gasteiger partial charge in [0.2, 0.25) is 0 Å². The molecule has 7 rings (SSSR count). The van der Waals surface area contributed by atoms with E-state index in [-0.39, 0.29) is 12.6 Å². The first-order valence-electron chi connectivity index (χ1n) is 14.5. The molecule has 0 spiro atoms. The SMILES string of the molecule is Clc1ccc(-c2cc3c(Cl)ncnc3cc2Cl)cc1.OCCC1CN(c2ncnc3cc(Cl)c(-c4ccc(Cl)cc4)cc23)CCN1. The lowest BCUT2D eigenvalue weighted by atomic mass is 10.0. The Morgan fingerprint density at radius 1 is 0.696 bits per heavy atom. The molecular formula is C34H27Cl5N6O. The molecule has 12 heteroatoms. The first-order valence-corrected chi connectivity index (χ1v) is 16.3. The van der Waals surface area contributed by atoms with Gasteiger partial charge in [0.25, 0.3) is 0 Å². The van der Waals surface area contributed by atoms with Gasteiger partial charge in [-0.1, -0.05) is 82.3 Å². The highest BCUT2D eigenvalue weighted by molar-refractivity contribution is 6.37. The minimum atomic E-state index is 0.173. The number of benzene rings is 4. The third kappa shape index (κ3) is 7.32. The van der Waals surface area contributed by atoms with Crippen LogP contribution in [0.25, 0.3) is 44.1 Å². The summed E-state index contributed by atoms with van der Waals surface area (Å²) in [5, 5.41) is 17.5. The van der Waals surface area contributed by atoms with Crippen LogP contribution in [0.15, 0.2) is 85.5 Å². The molecule has 1 fully saturated rings. The molecule has 0 amide bonds. The lowest BCUT2D eigenvalue weighted by Crippen LogP contribution is -2.51. The number of hydrogen-bond donors (Lipinski definition) is 2. The fourth-order valence-electron chi connectivity index (χ4n) is 5.43. The Balaban J connectivity index is 0.000000172. The summed E-state index contributed by atoms with van der Waals surface area (Å²) in [5.41, 5.74) is 5.32. The van der Waals surface area contributed by atoms with Crippen molar-refractivity contribution in [3.8, 4) is 22.3 Å². The van der Waals surface area contributed by atoms with Crippen LogP contribution in [-0.2, 0) is 0 Å². The van der Waals surface area contributed by atoms with Crippen molar-refractivity contribution in [3.05, 3.63) is 111 Å². The molecule has 2 N–H and O–H groups in total. The van der Waals surface area contributed by atoms with E-state index >= 15 is 0 Å². The minimum absolute atomic E-state index is 0.173. The lowest BCUT2D eigenvalue weighted by Gasteiger charge is -2.34. The molecule has 0 radical (unpaired) electrons. The molecule has 0 bridgehead atoms. The molecule has 234 valence electrons. The summed E-state index contributed by atoms with van der Waals surface area (Å²) in [4.78, 5) is 19.3. The Kier molecular flexibility index (Phi) is 10.4. The van der Waals surface area contributed by atoms with Crippen LogP contribution >= 0.6 is 58.0 Å². The van der Waals surface area contributed by atoms with Crippen LogP contribution < -0.4 is 10.2 Å². The number of aromatic nitrogens is 4. The van der Waals surface area contributed by atoms with E-state index in [9.17, 15) is 5.11 Å². The molecule has 1 aliphatic rings. The third-order valence-corrected chi connectivity index (χ3v) is 9.15. The van der Waals surface area contributed by atoms with Gasteiger partial charge in [0, 0.05) is 64.2 Å². The second-order valence-corrected chi connectivity index (χ2v) is 12.7. The van der Waals surface area contributed by atoms with E-state index in [2.05, 4.69) is 36.2 Å². The second kappa shape index (κ2) is 14.7. The average Bonchev–Trinajstić information content (AvgIpc) is 3.06. The molecular weight excluding hydrogens is 686 g/mol. The third-order valence-electron chi connectivity index (χ3n) is 7.72. The van der Waals surface area contributed by atoms with E-state index in [1.54, 1.807) is 12.4 Å². The van der Waals surface area contributed by atoms with E-state index in [1.165, 1.54) is 6.33 Å². The molecule has 7 nitrogen and oxygen atoms in total. The fourth-order valence-corrected chi connectivity index (χ4v) is 6.41. The summed E-state index contributed by atoms with van der Waals surface area (Å²) in [7, 11) is 0. The molecule has 1 saturated heterocycles. The Morgan fingerprint density at radius 3 is 1.83 bits per heavy atom. The first-order chi connectivity index (χ1) is 22.3. The molecule has 4 aromatic carbocycles. The number of rotatable bonds is 5. The van der Waals surface area contributed by atoms with Gasteiger partial charge >= 0.3 is 0 Å². The predicted octanol–water partition coefficient (Wildman–Crippen LogP) is 9.02. The molecule has 0 aliphatic carbocycles.